The van der Waals surface area contributed by atoms with Gasteiger partial charge in [0, 0.05) is 17.2 Å². The number of ether oxygens (including phenoxy) is 1. The Bertz CT molecular complexity index is 871. The molecule has 0 spiro atoms. The van der Waals surface area contributed by atoms with Gasteiger partial charge in [-0.2, -0.15) is 0 Å². The summed E-state index contributed by atoms with van der Waals surface area (Å²) in [5, 5.41) is 25.6. The Morgan fingerprint density at radius 1 is 1.15 bits per heavy atom. The van der Waals surface area contributed by atoms with Gasteiger partial charge >= 0.3 is 0 Å². The number of aryl methyl sites for hydroxylation is 1. The van der Waals surface area contributed by atoms with E-state index in [9.17, 15) is 15.0 Å². The standard InChI is InChI=1S/C32H54N2O4S/c1-23(2)19-27(35)29(37)26(20-25-15-11-8-12-16-25)33-30-32(6,38-30)21-34(22-39-31(3,4)5)28(36)18-17-24-13-9-7-10-14-24/h7,9-10,13-14,23,25-27,29-30,33,35,37H,8,11-12,15-22H2,1-6H3/t26-,27+,29+,30?,32?/m1/s1. The Labute approximate surface area is 241 Å². The van der Waals surface area contributed by atoms with Crippen molar-refractivity contribution in [3.63, 3.8) is 0 Å². The molecule has 1 saturated heterocycles. The summed E-state index contributed by atoms with van der Waals surface area (Å²) in [7, 11) is 0. The molecule has 2 aliphatic rings. The first kappa shape index (κ1) is 32.4. The molecule has 1 aromatic carbocycles. The largest absolute Gasteiger partial charge is 0.390 e. The van der Waals surface area contributed by atoms with Crippen LogP contribution in [0.4, 0.5) is 0 Å². The highest BCUT2D eigenvalue weighted by atomic mass is 32.2. The number of amides is 1. The van der Waals surface area contributed by atoms with Gasteiger partial charge in [-0.25, -0.2) is 0 Å². The van der Waals surface area contributed by atoms with E-state index in [1.807, 2.05) is 23.1 Å². The van der Waals surface area contributed by atoms with Crippen LogP contribution in [0.2, 0.25) is 0 Å². The molecule has 1 aliphatic heterocycles. The number of hydrogen-bond donors (Lipinski definition) is 3. The SMILES string of the molecule is CC(C)C[C@H](O)[C@@H](O)[C@@H](CC1CCCCC1)NC1OC1(C)CN(CSC(C)(C)C)C(=O)CCc1ccccc1. The van der Waals surface area contributed by atoms with E-state index in [0.717, 1.165) is 12.8 Å². The molecule has 0 bridgehead atoms. The summed E-state index contributed by atoms with van der Waals surface area (Å²) < 4.78 is 6.25. The van der Waals surface area contributed by atoms with Gasteiger partial charge in [-0.1, -0.05) is 97.1 Å². The van der Waals surface area contributed by atoms with Crippen LogP contribution in [0.1, 0.15) is 98.5 Å². The highest BCUT2D eigenvalue weighted by Gasteiger charge is 2.55. The lowest BCUT2D eigenvalue weighted by Crippen LogP contribution is -2.51. The van der Waals surface area contributed by atoms with Crippen molar-refractivity contribution in [2.75, 3.05) is 12.4 Å². The van der Waals surface area contributed by atoms with Crippen LogP contribution in [-0.2, 0) is 16.0 Å². The number of nitrogens with zero attached hydrogens (tertiary/aromatic N) is 1. The van der Waals surface area contributed by atoms with Crippen molar-refractivity contribution in [1.29, 1.82) is 0 Å². The van der Waals surface area contributed by atoms with Crippen LogP contribution in [0.5, 0.6) is 0 Å². The van der Waals surface area contributed by atoms with Crippen LogP contribution in [0.25, 0.3) is 0 Å². The molecule has 2 fully saturated rings. The zero-order valence-electron chi connectivity index (χ0n) is 25.2. The molecule has 1 aromatic rings. The fourth-order valence-corrected chi connectivity index (χ4v) is 6.43. The molecule has 222 valence electrons. The van der Waals surface area contributed by atoms with E-state index >= 15 is 0 Å². The van der Waals surface area contributed by atoms with Crippen LogP contribution < -0.4 is 5.32 Å². The van der Waals surface area contributed by atoms with Crippen molar-refractivity contribution in [3.05, 3.63) is 35.9 Å². The van der Waals surface area contributed by atoms with E-state index in [1.54, 1.807) is 11.8 Å². The maximum atomic E-state index is 13.4. The summed E-state index contributed by atoms with van der Waals surface area (Å²) in [6.45, 7) is 13.2. The van der Waals surface area contributed by atoms with Gasteiger partial charge in [0.05, 0.1) is 24.6 Å². The third kappa shape index (κ3) is 11.0. The van der Waals surface area contributed by atoms with Crippen LogP contribution in [0, 0.1) is 11.8 Å². The van der Waals surface area contributed by atoms with E-state index in [1.165, 1.54) is 37.7 Å². The number of hydrogen-bond acceptors (Lipinski definition) is 6. The van der Waals surface area contributed by atoms with Gasteiger partial charge in [0.2, 0.25) is 5.91 Å². The summed E-state index contributed by atoms with van der Waals surface area (Å²) in [6.07, 6.45) is 6.87. The second-order valence-corrected chi connectivity index (χ2v) is 15.2. The van der Waals surface area contributed by atoms with Gasteiger partial charge in [-0.05, 0) is 43.6 Å². The van der Waals surface area contributed by atoms with Crippen LogP contribution in [0.3, 0.4) is 0 Å². The van der Waals surface area contributed by atoms with Crippen molar-refractivity contribution in [2.45, 2.75) is 134 Å². The highest BCUT2D eigenvalue weighted by Crippen LogP contribution is 2.38. The fourth-order valence-electron chi connectivity index (χ4n) is 5.65. The lowest BCUT2D eigenvalue weighted by atomic mass is 9.82. The van der Waals surface area contributed by atoms with Crippen molar-refractivity contribution < 1.29 is 19.7 Å². The van der Waals surface area contributed by atoms with E-state index in [4.69, 9.17) is 4.74 Å². The Morgan fingerprint density at radius 2 is 1.82 bits per heavy atom. The molecule has 3 rings (SSSR count). The normalized spacial score (nSPS) is 24.4. The molecular weight excluding hydrogens is 508 g/mol. The average molecular weight is 563 g/mol. The van der Waals surface area contributed by atoms with Gasteiger partial charge in [0.25, 0.3) is 0 Å². The molecule has 3 N–H and O–H groups in total. The van der Waals surface area contributed by atoms with E-state index in [0.29, 0.717) is 37.1 Å². The lowest BCUT2D eigenvalue weighted by molar-refractivity contribution is -0.130. The Kier molecular flexibility index (Phi) is 12.2. The Morgan fingerprint density at radius 3 is 2.44 bits per heavy atom. The number of benzene rings is 1. The zero-order chi connectivity index (χ0) is 28.6. The molecular formula is C32H54N2O4S. The topological polar surface area (TPSA) is 85.3 Å². The fraction of sp³-hybridized carbons (Fsp3) is 0.781. The van der Waals surface area contributed by atoms with Gasteiger partial charge in [0.1, 0.15) is 11.8 Å². The van der Waals surface area contributed by atoms with Crippen molar-refractivity contribution in [2.24, 2.45) is 11.8 Å². The minimum absolute atomic E-state index is 0.0443. The van der Waals surface area contributed by atoms with Crippen LogP contribution >= 0.6 is 11.8 Å². The predicted molar refractivity (Wildman–Crippen MR) is 162 cm³/mol. The third-order valence-corrected chi connectivity index (χ3v) is 9.37. The maximum absolute atomic E-state index is 13.4. The number of nitrogens with one attached hydrogen (secondary N) is 1. The predicted octanol–water partition coefficient (Wildman–Crippen LogP) is 5.75. The summed E-state index contributed by atoms with van der Waals surface area (Å²) in [5.74, 6) is 1.62. The number of epoxide rings is 1. The van der Waals surface area contributed by atoms with E-state index < -0.39 is 17.8 Å². The molecule has 1 aliphatic carbocycles. The molecule has 6 nitrogen and oxygen atoms in total. The Hall–Kier alpha value is -1.12. The average Bonchev–Trinajstić information content (AvgIpc) is 3.52. The number of rotatable bonds is 15. The second kappa shape index (κ2) is 14.7. The first-order valence-corrected chi connectivity index (χ1v) is 16.1. The van der Waals surface area contributed by atoms with Crippen LogP contribution in [0.15, 0.2) is 30.3 Å². The third-order valence-electron chi connectivity index (χ3n) is 8.06. The van der Waals surface area contributed by atoms with Gasteiger partial charge in [0.15, 0.2) is 0 Å². The molecule has 2 unspecified atom stereocenters. The molecule has 0 aromatic heterocycles. The molecule has 1 heterocycles. The quantitative estimate of drug-likeness (QED) is 0.187. The maximum Gasteiger partial charge on any atom is 0.223 e. The molecule has 1 amide bonds. The molecule has 1 saturated carbocycles. The first-order chi connectivity index (χ1) is 18.4. The van der Waals surface area contributed by atoms with E-state index in [-0.39, 0.29) is 22.9 Å². The van der Waals surface area contributed by atoms with Crippen molar-refractivity contribution in [1.82, 2.24) is 10.2 Å². The summed E-state index contributed by atoms with van der Waals surface area (Å²) >= 11 is 1.77. The molecule has 7 heteroatoms. The van der Waals surface area contributed by atoms with E-state index in [2.05, 4.69) is 59.0 Å². The van der Waals surface area contributed by atoms with Gasteiger partial charge in [-0.3, -0.25) is 10.1 Å². The minimum Gasteiger partial charge on any atom is -0.390 e. The smallest absolute Gasteiger partial charge is 0.223 e. The van der Waals surface area contributed by atoms with Gasteiger partial charge in [-0.15, -0.1) is 11.8 Å². The first-order valence-electron chi connectivity index (χ1n) is 15.1. The number of carbonyl (C=O) groups is 1. The number of aliphatic hydroxyl groups is 2. The molecule has 5 atom stereocenters. The second-order valence-electron chi connectivity index (χ2n) is 13.5. The monoisotopic (exact) mass is 562 g/mol. The molecule has 0 radical (unpaired) electrons. The lowest BCUT2D eigenvalue weighted by Gasteiger charge is -2.33. The van der Waals surface area contributed by atoms with Crippen LogP contribution in [-0.4, -0.2) is 68.3 Å². The summed E-state index contributed by atoms with van der Waals surface area (Å²) in [4.78, 5) is 15.3. The number of aliphatic hydroxyl groups excluding tert-OH is 2. The number of carbonyl (C=O) groups excluding carboxylic acids is 1. The minimum atomic E-state index is -0.845. The summed E-state index contributed by atoms with van der Waals surface area (Å²) in [5.41, 5.74) is 0.649. The zero-order valence-corrected chi connectivity index (χ0v) is 26.0. The van der Waals surface area contributed by atoms with Crippen molar-refractivity contribution in [3.8, 4) is 0 Å². The van der Waals surface area contributed by atoms with Crippen molar-refractivity contribution >= 4 is 17.7 Å². The number of thioether (sulfide) groups is 1. The summed E-state index contributed by atoms with van der Waals surface area (Å²) in [6, 6.07) is 9.92. The van der Waals surface area contributed by atoms with Gasteiger partial charge < -0.3 is 19.8 Å². The Balaban J connectivity index is 1.65. The molecule has 39 heavy (non-hydrogen) atoms. The highest BCUT2D eigenvalue weighted by molar-refractivity contribution is 8.00.